The first kappa shape index (κ1) is 16.6. The molecule has 0 aliphatic heterocycles. The number of ether oxygens (including phenoxy) is 1. The van der Waals surface area contributed by atoms with Crippen molar-refractivity contribution >= 4 is 21.8 Å². The number of fused-ring (bicyclic) bond motifs is 2. The molecule has 1 atom stereocenters. The fourth-order valence-electron chi connectivity index (χ4n) is 3.70. The monoisotopic (exact) mass is 344 g/mol. The Morgan fingerprint density at radius 1 is 0.885 bits per heavy atom. The van der Waals surface area contributed by atoms with E-state index in [9.17, 15) is 0 Å². The third-order valence-corrected chi connectivity index (χ3v) is 5.10. The molecule has 0 bridgehead atoms. The van der Waals surface area contributed by atoms with Crippen molar-refractivity contribution in [3.63, 3.8) is 0 Å². The quantitative estimate of drug-likeness (QED) is 0.459. The normalized spacial score (nSPS) is 12.8. The first-order valence-corrected chi connectivity index (χ1v) is 9.13. The average Bonchev–Trinajstić information content (AvgIpc) is 3.06. The predicted molar refractivity (Wildman–Crippen MR) is 108 cm³/mol. The van der Waals surface area contributed by atoms with Crippen LogP contribution in [0.5, 0.6) is 5.75 Å². The van der Waals surface area contributed by atoms with E-state index in [0.717, 1.165) is 17.1 Å². The van der Waals surface area contributed by atoms with Gasteiger partial charge < -0.3 is 9.30 Å². The number of hydrogen-bond donors (Lipinski definition) is 0. The lowest BCUT2D eigenvalue weighted by Gasteiger charge is -2.18. The first-order chi connectivity index (χ1) is 12.6. The Bertz CT molecular complexity index is 1080. The van der Waals surface area contributed by atoms with E-state index in [1.54, 1.807) is 7.11 Å². The summed E-state index contributed by atoms with van der Waals surface area (Å²) < 4.78 is 7.69. The van der Waals surface area contributed by atoms with Gasteiger partial charge in [0.05, 0.1) is 18.1 Å². The lowest BCUT2D eigenvalue weighted by atomic mass is 9.96. The van der Waals surface area contributed by atoms with E-state index in [4.69, 9.17) is 9.72 Å². The van der Waals surface area contributed by atoms with E-state index in [0.29, 0.717) is 6.04 Å². The van der Waals surface area contributed by atoms with Crippen LogP contribution in [0.25, 0.3) is 21.8 Å². The Balaban J connectivity index is 1.82. The summed E-state index contributed by atoms with van der Waals surface area (Å²) >= 11 is 0. The van der Waals surface area contributed by atoms with Crippen molar-refractivity contribution in [2.24, 2.45) is 0 Å². The van der Waals surface area contributed by atoms with Crippen molar-refractivity contribution in [2.75, 3.05) is 7.11 Å². The van der Waals surface area contributed by atoms with Crippen molar-refractivity contribution in [2.45, 2.75) is 32.7 Å². The minimum absolute atomic E-state index is 0.219. The molecule has 1 aromatic heterocycles. The van der Waals surface area contributed by atoms with Crippen LogP contribution in [-0.2, 0) is 0 Å². The molecule has 0 aliphatic carbocycles. The number of benzene rings is 3. The summed E-state index contributed by atoms with van der Waals surface area (Å²) in [5, 5.41) is 2.42. The maximum absolute atomic E-state index is 5.33. The molecule has 0 amide bonds. The van der Waals surface area contributed by atoms with Gasteiger partial charge in [-0.05, 0) is 54.4 Å². The highest BCUT2D eigenvalue weighted by atomic mass is 16.5. The van der Waals surface area contributed by atoms with Gasteiger partial charge in [-0.25, -0.2) is 4.98 Å². The number of imidazole rings is 1. The van der Waals surface area contributed by atoms with Crippen molar-refractivity contribution in [1.82, 2.24) is 9.55 Å². The Labute approximate surface area is 154 Å². The van der Waals surface area contributed by atoms with Gasteiger partial charge in [0.15, 0.2) is 0 Å². The van der Waals surface area contributed by atoms with Crippen molar-refractivity contribution in [3.8, 4) is 5.75 Å². The van der Waals surface area contributed by atoms with Crippen molar-refractivity contribution in [3.05, 3.63) is 72.1 Å². The minimum Gasteiger partial charge on any atom is -0.497 e. The van der Waals surface area contributed by atoms with Gasteiger partial charge in [0.1, 0.15) is 11.6 Å². The maximum atomic E-state index is 5.33. The fraction of sp³-hybridized carbons (Fsp3) is 0.261. The molecule has 0 fully saturated rings. The average molecular weight is 344 g/mol. The van der Waals surface area contributed by atoms with E-state index in [2.05, 4.69) is 79.9 Å². The molecular formula is C23H24N2O. The van der Waals surface area contributed by atoms with Gasteiger partial charge in [-0.15, -0.1) is 0 Å². The largest absolute Gasteiger partial charge is 0.497 e. The summed E-state index contributed by atoms with van der Waals surface area (Å²) in [6.07, 6.45) is 0. The second-order valence-electron chi connectivity index (χ2n) is 7.12. The topological polar surface area (TPSA) is 27.1 Å². The smallest absolute Gasteiger partial charge is 0.119 e. The fourth-order valence-corrected chi connectivity index (χ4v) is 3.70. The van der Waals surface area contributed by atoms with Crippen LogP contribution in [0.4, 0.5) is 0 Å². The molecule has 0 unspecified atom stereocenters. The van der Waals surface area contributed by atoms with Crippen LogP contribution in [0, 0.1) is 0 Å². The second-order valence-corrected chi connectivity index (χ2v) is 7.12. The summed E-state index contributed by atoms with van der Waals surface area (Å²) in [5.74, 6) is 2.23. The van der Waals surface area contributed by atoms with Gasteiger partial charge in [-0.3, -0.25) is 0 Å². The maximum Gasteiger partial charge on any atom is 0.119 e. The summed E-state index contributed by atoms with van der Waals surface area (Å²) in [6.45, 7) is 6.68. The number of aromatic nitrogens is 2. The van der Waals surface area contributed by atoms with Gasteiger partial charge in [-0.2, -0.15) is 0 Å². The molecule has 0 N–H and O–H groups in total. The molecule has 26 heavy (non-hydrogen) atoms. The van der Waals surface area contributed by atoms with E-state index in [1.165, 1.54) is 21.9 Å². The zero-order valence-corrected chi connectivity index (χ0v) is 15.7. The molecule has 0 radical (unpaired) electrons. The Kier molecular flexibility index (Phi) is 4.15. The second kappa shape index (κ2) is 6.49. The number of rotatable bonds is 4. The van der Waals surface area contributed by atoms with Crippen LogP contribution in [-0.4, -0.2) is 16.7 Å². The molecule has 0 saturated heterocycles. The first-order valence-electron chi connectivity index (χ1n) is 9.13. The Morgan fingerprint density at radius 2 is 1.62 bits per heavy atom. The standard InChI is InChI=1S/C23H24N2O/c1-15(2)25-22-8-6-5-7-21(22)24-23(25)16(3)17-9-10-19-14-20(26-4)12-11-18(19)13-17/h5-16H,1-4H3/t16-/m0/s1. The molecule has 1 heterocycles. The van der Waals surface area contributed by atoms with E-state index in [1.807, 2.05) is 6.07 Å². The van der Waals surface area contributed by atoms with E-state index < -0.39 is 0 Å². The van der Waals surface area contributed by atoms with Crippen LogP contribution < -0.4 is 4.74 Å². The third-order valence-electron chi connectivity index (χ3n) is 5.10. The molecule has 3 nitrogen and oxygen atoms in total. The van der Waals surface area contributed by atoms with Crippen LogP contribution in [0.2, 0.25) is 0 Å². The third kappa shape index (κ3) is 2.74. The van der Waals surface area contributed by atoms with Gasteiger partial charge in [-0.1, -0.05) is 43.3 Å². The highest BCUT2D eigenvalue weighted by Gasteiger charge is 2.20. The number of hydrogen-bond acceptors (Lipinski definition) is 2. The zero-order chi connectivity index (χ0) is 18.3. The molecule has 3 heteroatoms. The lowest BCUT2D eigenvalue weighted by Crippen LogP contribution is -2.10. The van der Waals surface area contributed by atoms with Crippen LogP contribution in [0.1, 0.15) is 44.1 Å². The van der Waals surface area contributed by atoms with Crippen molar-refractivity contribution in [1.29, 1.82) is 0 Å². The molecule has 0 spiro atoms. The SMILES string of the molecule is COc1ccc2cc([C@H](C)c3nc4ccccc4n3C(C)C)ccc2c1. The molecule has 4 rings (SSSR count). The molecule has 0 aliphatic rings. The van der Waals surface area contributed by atoms with E-state index >= 15 is 0 Å². The Hall–Kier alpha value is -2.81. The molecule has 4 aromatic rings. The summed E-state index contributed by atoms with van der Waals surface area (Å²) in [4.78, 5) is 4.96. The van der Waals surface area contributed by atoms with Crippen LogP contribution in [0.15, 0.2) is 60.7 Å². The zero-order valence-electron chi connectivity index (χ0n) is 15.7. The molecular weight excluding hydrogens is 320 g/mol. The number of para-hydroxylation sites is 2. The minimum atomic E-state index is 0.219. The summed E-state index contributed by atoms with van der Waals surface area (Å²) in [7, 11) is 1.70. The predicted octanol–water partition coefficient (Wildman–Crippen LogP) is 5.93. The van der Waals surface area contributed by atoms with Gasteiger partial charge in [0, 0.05) is 12.0 Å². The molecule has 0 saturated carbocycles. The lowest BCUT2D eigenvalue weighted by molar-refractivity contribution is 0.415. The highest BCUT2D eigenvalue weighted by Crippen LogP contribution is 2.32. The number of nitrogens with zero attached hydrogens (tertiary/aromatic N) is 2. The summed E-state index contributed by atoms with van der Waals surface area (Å²) in [5.41, 5.74) is 3.54. The highest BCUT2D eigenvalue weighted by molar-refractivity contribution is 5.85. The van der Waals surface area contributed by atoms with Crippen molar-refractivity contribution < 1.29 is 4.74 Å². The van der Waals surface area contributed by atoms with Gasteiger partial charge >= 0.3 is 0 Å². The number of methoxy groups -OCH3 is 1. The van der Waals surface area contributed by atoms with Crippen LogP contribution >= 0.6 is 0 Å². The molecule has 132 valence electrons. The van der Waals surface area contributed by atoms with Crippen LogP contribution in [0.3, 0.4) is 0 Å². The van der Waals surface area contributed by atoms with E-state index in [-0.39, 0.29) is 5.92 Å². The molecule has 3 aromatic carbocycles. The Morgan fingerprint density at radius 3 is 2.38 bits per heavy atom. The van der Waals surface area contributed by atoms with Gasteiger partial charge in [0.25, 0.3) is 0 Å². The van der Waals surface area contributed by atoms with Gasteiger partial charge in [0.2, 0.25) is 0 Å². The summed E-state index contributed by atoms with van der Waals surface area (Å²) in [6, 6.07) is 21.6.